The predicted octanol–water partition coefficient (Wildman–Crippen LogP) is 0.845. The number of anilines is 1. The number of piperidine rings is 1. The molecule has 24 heavy (non-hydrogen) atoms. The van der Waals surface area contributed by atoms with Crippen molar-refractivity contribution < 1.29 is 9.90 Å². The van der Waals surface area contributed by atoms with Crippen LogP contribution in [0.3, 0.4) is 0 Å². The Bertz CT molecular complexity index is 652. The number of rotatable bonds is 5. The van der Waals surface area contributed by atoms with Crippen molar-refractivity contribution in [3.63, 3.8) is 0 Å². The summed E-state index contributed by atoms with van der Waals surface area (Å²) in [4.78, 5) is 18.1. The second kappa shape index (κ2) is 7.89. The van der Waals surface area contributed by atoms with Crippen molar-refractivity contribution in [2.45, 2.75) is 18.9 Å². The van der Waals surface area contributed by atoms with Gasteiger partial charge >= 0.3 is 6.03 Å². The molecule has 1 fully saturated rings. The summed E-state index contributed by atoms with van der Waals surface area (Å²) in [6.45, 7) is 3.11. The minimum atomic E-state index is -0.249. The van der Waals surface area contributed by atoms with E-state index in [4.69, 9.17) is 0 Å². The SMILES string of the molecule is O=C(NCCN1CCC(O)CC1)Nc1cnn(-c2ccncc2)c1. The summed E-state index contributed by atoms with van der Waals surface area (Å²) in [5, 5.41) is 19.3. The van der Waals surface area contributed by atoms with E-state index in [0.717, 1.165) is 38.2 Å². The molecule has 3 rings (SSSR count). The molecule has 0 radical (unpaired) electrons. The van der Waals surface area contributed by atoms with Crippen molar-refractivity contribution in [3.8, 4) is 5.69 Å². The molecule has 2 aromatic heterocycles. The number of nitrogens with zero attached hydrogens (tertiary/aromatic N) is 4. The Kier molecular flexibility index (Phi) is 5.39. The van der Waals surface area contributed by atoms with Gasteiger partial charge in [-0.05, 0) is 25.0 Å². The van der Waals surface area contributed by atoms with Gasteiger partial charge in [0.15, 0.2) is 0 Å². The highest BCUT2D eigenvalue weighted by atomic mass is 16.3. The largest absolute Gasteiger partial charge is 0.393 e. The molecule has 0 saturated carbocycles. The third-order valence-electron chi connectivity index (χ3n) is 4.04. The van der Waals surface area contributed by atoms with Crippen LogP contribution in [0, 0.1) is 0 Å². The number of hydrogen-bond donors (Lipinski definition) is 3. The van der Waals surface area contributed by atoms with Gasteiger partial charge in [-0.15, -0.1) is 0 Å². The van der Waals surface area contributed by atoms with Crippen LogP contribution in [-0.2, 0) is 0 Å². The minimum Gasteiger partial charge on any atom is -0.393 e. The Hall–Kier alpha value is -2.45. The van der Waals surface area contributed by atoms with Crippen LogP contribution in [0.5, 0.6) is 0 Å². The number of hydrogen-bond acceptors (Lipinski definition) is 5. The highest BCUT2D eigenvalue weighted by Crippen LogP contribution is 2.11. The maximum absolute atomic E-state index is 11.9. The minimum absolute atomic E-state index is 0.172. The van der Waals surface area contributed by atoms with E-state index in [1.807, 2.05) is 12.1 Å². The van der Waals surface area contributed by atoms with Crippen LogP contribution in [0.2, 0.25) is 0 Å². The van der Waals surface area contributed by atoms with Gasteiger partial charge in [-0.1, -0.05) is 0 Å². The van der Waals surface area contributed by atoms with Crippen molar-refractivity contribution in [2.75, 3.05) is 31.5 Å². The highest BCUT2D eigenvalue weighted by Gasteiger charge is 2.16. The number of urea groups is 1. The first-order valence-electron chi connectivity index (χ1n) is 8.11. The van der Waals surface area contributed by atoms with Gasteiger partial charge in [0.1, 0.15) is 0 Å². The zero-order chi connectivity index (χ0) is 16.8. The average molecular weight is 330 g/mol. The fourth-order valence-electron chi connectivity index (χ4n) is 2.67. The second-order valence-corrected chi connectivity index (χ2v) is 5.83. The molecule has 1 aliphatic heterocycles. The number of amides is 2. The Morgan fingerprint density at radius 1 is 1.29 bits per heavy atom. The first kappa shape index (κ1) is 16.4. The molecule has 3 heterocycles. The van der Waals surface area contributed by atoms with Crippen LogP contribution in [0.1, 0.15) is 12.8 Å². The number of aliphatic hydroxyl groups is 1. The van der Waals surface area contributed by atoms with E-state index in [2.05, 4.69) is 25.6 Å². The number of aromatic nitrogens is 3. The van der Waals surface area contributed by atoms with Crippen molar-refractivity contribution in [3.05, 3.63) is 36.9 Å². The first-order chi connectivity index (χ1) is 11.7. The van der Waals surface area contributed by atoms with Crippen LogP contribution in [-0.4, -0.2) is 63.1 Å². The Morgan fingerprint density at radius 3 is 2.79 bits per heavy atom. The lowest BCUT2D eigenvalue weighted by Crippen LogP contribution is -2.41. The van der Waals surface area contributed by atoms with Crippen molar-refractivity contribution in [1.29, 1.82) is 0 Å². The average Bonchev–Trinajstić information content (AvgIpc) is 3.06. The number of carbonyl (C=O) groups is 1. The smallest absolute Gasteiger partial charge is 0.319 e. The van der Waals surface area contributed by atoms with Gasteiger partial charge in [-0.2, -0.15) is 5.10 Å². The summed E-state index contributed by atoms with van der Waals surface area (Å²) >= 11 is 0. The lowest BCUT2D eigenvalue weighted by atomic mass is 10.1. The summed E-state index contributed by atoms with van der Waals surface area (Å²) in [6.07, 6.45) is 8.18. The molecule has 0 aliphatic carbocycles. The summed E-state index contributed by atoms with van der Waals surface area (Å²) in [5.41, 5.74) is 1.51. The summed E-state index contributed by atoms with van der Waals surface area (Å²) in [5.74, 6) is 0. The van der Waals surface area contributed by atoms with Crippen molar-refractivity contribution in [1.82, 2.24) is 25.0 Å². The lowest BCUT2D eigenvalue weighted by molar-refractivity contribution is 0.0833. The van der Waals surface area contributed by atoms with Gasteiger partial charge in [0.25, 0.3) is 0 Å². The topological polar surface area (TPSA) is 95.3 Å². The Balaban J connectivity index is 1.41. The standard InChI is InChI=1S/C16H22N6O2/c23-15-3-8-21(9-4-15)10-7-18-16(24)20-13-11-19-22(12-13)14-1-5-17-6-2-14/h1-2,5-6,11-12,15,23H,3-4,7-10H2,(H2,18,20,24). The quantitative estimate of drug-likeness (QED) is 0.755. The van der Waals surface area contributed by atoms with Gasteiger partial charge in [0.05, 0.1) is 29.9 Å². The number of likely N-dealkylation sites (tertiary alicyclic amines) is 1. The zero-order valence-corrected chi connectivity index (χ0v) is 13.4. The maximum atomic E-state index is 11.9. The molecule has 0 spiro atoms. The fourth-order valence-corrected chi connectivity index (χ4v) is 2.67. The number of pyridine rings is 1. The van der Waals surface area contributed by atoms with Gasteiger partial charge < -0.3 is 20.6 Å². The molecule has 0 unspecified atom stereocenters. The van der Waals surface area contributed by atoms with E-state index in [9.17, 15) is 9.90 Å². The van der Waals surface area contributed by atoms with Crippen LogP contribution in [0.15, 0.2) is 36.9 Å². The molecule has 1 saturated heterocycles. The lowest BCUT2D eigenvalue weighted by Gasteiger charge is -2.29. The van der Waals surface area contributed by atoms with E-state index < -0.39 is 0 Å². The number of aliphatic hydroxyl groups excluding tert-OH is 1. The van der Waals surface area contributed by atoms with Crippen molar-refractivity contribution >= 4 is 11.7 Å². The molecule has 8 heteroatoms. The van der Waals surface area contributed by atoms with Crippen LogP contribution >= 0.6 is 0 Å². The predicted molar refractivity (Wildman–Crippen MR) is 90.1 cm³/mol. The Labute approximate surface area is 140 Å². The van der Waals surface area contributed by atoms with E-state index in [1.165, 1.54) is 0 Å². The van der Waals surface area contributed by atoms with Gasteiger partial charge in [-0.3, -0.25) is 4.98 Å². The van der Waals surface area contributed by atoms with E-state index >= 15 is 0 Å². The van der Waals surface area contributed by atoms with E-state index in [1.54, 1.807) is 29.5 Å². The third-order valence-corrected chi connectivity index (χ3v) is 4.04. The maximum Gasteiger partial charge on any atom is 0.319 e. The fraction of sp³-hybridized carbons (Fsp3) is 0.438. The first-order valence-corrected chi connectivity index (χ1v) is 8.11. The molecule has 0 atom stereocenters. The number of carbonyl (C=O) groups excluding carboxylic acids is 1. The zero-order valence-electron chi connectivity index (χ0n) is 13.4. The molecular formula is C16H22N6O2. The highest BCUT2D eigenvalue weighted by molar-refractivity contribution is 5.88. The van der Waals surface area contributed by atoms with E-state index in [-0.39, 0.29) is 12.1 Å². The Morgan fingerprint density at radius 2 is 2.04 bits per heavy atom. The molecule has 128 valence electrons. The van der Waals surface area contributed by atoms with Gasteiger partial charge in [0.2, 0.25) is 0 Å². The van der Waals surface area contributed by atoms with Crippen LogP contribution in [0.4, 0.5) is 10.5 Å². The summed E-state index contributed by atoms with van der Waals surface area (Å²) in [6, 6.07) is 3.43. The summed E-state index contributed by atoms with van der Waals surface area (Å²) < 4.78 is 1.68. The normalized spacial score (nSPS) is 16.0. The van der Waals surface area contributed by atoms with Crippen molar-refractivity contribution in [2.24, 2.45) is 0 Å². The molecule has 0 aromatic carbocycles. The van der Waals surface area contributed by atoms with Gasteiger partial charge in [0, 0.05) is 38.6 Å². The molecule has 1 aliphatic rings. The molecular weight excluding hydrogens is 308 g/mol. The van der Waals surface area contributed by atoms with Crippen LogP contribution in [0.25, 0.3) is 5.69 Å². The monoisotopic (exact) mass is 330 g/mol. The molecule has 3 N–H and O–H groups in total. The molecule has 0 bridgehead atoms. The van der Waals surface area contributed by atoms with Gasteiger partial charge in [-0.25, -0.2) is 9.48 Å². The number of nitrogens with one attached hydrogen (secondary N) is 2. The summed E-state index contributed by atoms with van der Waals surface area (Å²) in [7, 11) is 0. The molecule has 8 nitrogen and oxygen atoms in total. The second-order valence-electron chi connectivity index (χ2n) is 5.83. The molecule has 2 amide bonds. The third kappa shape index (κ3) is 4.53. The molecule has 2 aromatic rings. The van der Waals surface area contributed by atoms with Crippen LogP contribution < -0.4 is 10.6 Å². The van der Waals surface area contributed by atoms with E-state index in [0.29, 0.717) is 12.2 Å².